The summed E-state index contributed by atoms with van der Waals surface area (Å²) in [4.78, 5) is 4.67. The molecule has 0 aliphatic carbocycles. The van der Waals surface area contributed by atoms with E-state index < -0.39 is 11.7 Å². The number of pyridine rings is 1. The molecule has 0 bridgehead atoms. The number of thiophene rings is 1. The van der Waals surface area contributed by atoms with E-state index in [0.717, 1.165) is 23.6 Å². The number of nitrogens with zero attached hydrogens (tertiary/aromatic N) is 3. The number of hydrogen-bond acceptors (Lipinski definition) is 5. The van der Waals surface area contributed by atoms with Crippen LogP contribution in [0.3, 0.4) is 0 Å². The molecule has 0 aliphatic rings. The minimum atomic E-state index is -4.46. The first-order chi connectivity index (χ1) is 11.9. The molecule has 0 atom stereocenters. The molecule has 4 rings (SSSR count). The highest BCUT2D eigenvalue weighted by molar-refractivity contribution is 7.71. The number of halogens is 3. The molecule has 1 N–H and O–H groups in total. The van der Waals surface area contributed by atoms with E-state index in [4.69, 9.17) is 16.6 Å². The fourth-order valence-corrected chi connectivity index (χ4v) is 3.85. The molecule has 4 aromatic heterocycles. The Hall–Kier alpha value is -2.46. The number of alkyl halides is 3. The van der Waals surface area contributed by atoms with E-state index in [1.165, 1.54) is 6.26 Å². The van der Waals surface area contributed by atoms with Crippen molar-refractivity contribution >= 4 is 33.8 Å². The number of hydrogen-bond donors (Lipinski definition) is 1. The van der Waals surface area contributed by atoms with E-state index in [9.17, 15) is 13.2 Å². The SMILES string of the molecule is Cn1c(-c2sc3cc(C(F)(F)F)cnc3c2-c2ccco2)n[nH]c1=S. The lowest BCUT2D eigenvalue weighted by Gasteiger charge is -2.05. The quantitative estimate of drug-likeness (QED) is 0.494. The van der Waals surface area contributed by atoms with Gasteiger partial charge in [0.05, 0.1) is 32.5 Å². The molecule has 4 aromatic rings. The van der Waals surface area contributed by atoms with E-state index in [2.05, 4.69) is 15.2 Å². The number of rotatable bonds is 2. The molecule has 0 saturated heterocycles. The molecular formula is C15H9F3N4OS2. The summed E-state index contributed by atoms with van der Waals surface area (Å²) in [6.45, 7) is 0. The van der Waals surface area contributed by atoms with Crippen molar-refractivity contribution in [3.05, 3.63) is 41.0 Å². The van der Waals surface area contributed by atoms with Gasteiger partial charge in [0.2, 0.25) is 0 Å². The van der Waals surface area contributed by atoms with Crippen molar-refractivity contribution in [2.45, 2.75) is 6.18 Å². The van der Waals surface area contributed by atoms with E-state index >= 15 is 0 Å². The van der Waals surface area contributed by atoms with E-state index in [-0.39, 0.29) is 0 Å². The monoisotopic (exact) mass is 382 g/mol. The van der Waals surface area contributed by atoms with E-state index in [0.29, 0.717) is 37.0 Å². The lowest BCUT2D eigenvalue weighted by molar-refractivity contribution is -0.137. The van der Waals surface area contributed by atoms with Crippen LogP contribution >= 0.6 is 23.6 Å². The zero-order valence-electron chi connectivity index (χ0n) is 12.6. The third-order valence-corrected chi connectivity index (χ3v) is 5.19. The first-order valence-electron chi connectivity index (χ1n) is 7.01. The highest BCUT2D eigenvalue weighted by Gasteiger charge is 2.32. The first kappa shape index (κ1) is 16.0. The molecule has 0 saturated carbocycles. The lowest BCUT2D eigenvalue weighted by Crippen LogP contribution is -2.04. The van der Waals surface area contributed by atoms with Crippen LogP contribution in [-0.4, -0.2) is 19.7 Å². The van der Waals surface area contributed by atoms with Gasteiger partial charge >= 0.3 is 6.18 Å². The van der Waals surface area contributed by atoms with Crippen molar-refractivity contribution < 1.29 is 17.6 Å². The third kappa shape index (κ3) is 2.57. The van der Waals surface area contributed by atoms with Crippen LogP contribution in [0.1, 0.15) is 5.56 Å². The van der Waals surface area contributed by atoms with Crippen LogP contribution in [0.5, 0.6) is 0 Å². The van der Waals surface area contributed by atoms with Crippen LogP contribution in [0.25, 0.3) is 32.2 Å². The van der Waals surface area contributed by atoms with Gasteiger partial charge in [0.25, 0.3) is 0 Å². The lowest BCUT2D eigenvalue weighted by atomic mass is 10.1. The Kier molecular flexibility index (Phi) is 3.55. The summed E-state index contributed by atoms with van der Waals surface area (Å²) >= 11 is 6.29. The summed E-state index contributed by atoms with van der Waals surface area (Å²) in [5, 5.41) is 6.87. The van der Waals surface area contributed by atoms with Crippen LogP contribution in [0.4, 0.5) is 13.2 Å². The number of H-pyrrole nitrogens is 1. The summed E-state index contributed by atoms with van der Waals surface area (Å²) in [6, 6.07) is 4.52. The van der Waals surface area contributed by atoms with Crippen molar-refractivity contribution in [2.75, 3.05) is 0 Å². The van der Waals surface area contributed by atoms with Crippen LogP contribution in [0.15, 0.2) is 35.1 Å². The highest BCUT2D eigenvalue weighted by atomic mass is 32.1. The van der Waals surface area contributed by atoms with E-state index in [1.54, 1.807) is 23.7 Å². The van der Waals surface area contributed by atoms with Crippen molar-refractivity contribution in [2.24, 2.45) is 7.05 Å². The van der Waals surface area contributed by atoms with Gasteiger partial charge in [0.1, 0.15) is 5.76 Å². The summed E-state index contributed by atoms with van der Waals surface area (Å²) in [7, 11) is 1.73. The number of furan rings is 1. The van der Waals surface area contributed by atoms with Crippen LogP contribution in [0, 0.1) is 4.77 Å². The van der Waals surface area contributed by atoms with Crippen LogP contribution in [0.2, 0.25) is 0 Å². The fourth-order valence-electron chi connectivity index (χ4n) is 2.49. The average molecular weight is 382 g/mol. The fraction of sp³-hybridized carbons (Fsp3) is 0.133. The van der Waals surface area contributed by atoms with Crippen molar-refractivity contribution in [1.82, 2.24) is 19.7 Å². The molecule has 0 fully saturated rings. The summed E-state index contributed by atoms with van der Waals surface area (Å²) in [5.41, 5.74) is 0.224. The van der Waals surface area contributed by atoms with Crippen molar-refractivity contribution in [1.29, 1.82) is 0 Å². The number of fused-ring (bicyclic) bond motifs is 1. The molecule has 4 heterocycles. The second-order valence-electron chi connectivity index (χ2n) is 5.26. The Morgan fingerprint density at radius 3 is 2.76 bits per heavy atom. The summed E-state index contributed by atoms with van der Waals surface area (Å²) in [6.07, 6.45) is -2.13. The van der Waals surface area contributed by atoms with E-state index in [1.807, 2.05) is 0 Å². The zero-order valence-corrected chi connectivity index (χ0v) is 14.2. The second kappa shape index (κ2) is 5.53. The Morgan fingerprint density at radius 1 is 1.36 bits per heavy atom. The standard InChI is InChI=1S/C15H9F3N4OS2/c1-22-13(20-21-14(22)24)12-10(8-3-2-4-23-8)11-9(25-12)5-7(6-19-11)15(16,17)18/h2-6H,1H3,(H,21,24). The predicted octanol–water partition coefficient (Wildman–Crippen LogP) is 5.03. The Morgan fingerprint density at radius 2 is 2.16 bits per heavy atom. The van der Waals surface area contributed by atoms with Gasteiger partial charge in [-0.25, -0.2) is 0 Å². The van der Waals surface area contributed by atoms with Crippen molar-refractivity contribution in [3.8, 4) is 22.0 Å². The predicted molar refractivity (Wildman–Crippen MR) is 89.7 cm³/mol. The molecular weight excluding hydrogens is 373 g/mol. The van der Waals surface area contributed by atoms with Gasteiger partial charge in [-0.2, -0.15) is 18.3 Å². The average Bonchev–Trinajstić information content (AvgIpc) is 3.25. The third-order valence-electron chi connectivity index (χ3n) is 3.71. The molecule has 0 unspecified atom stereocenters. The number of aromatic amines is 1. The zero-order chi connectivity index (χ0) is 17.8. The maximum atomic E-state index is 13.0. The Labute approximate surface area is 147 Å². The molecule has 0 aromatic carbocycles. The van der Waals surface area contributed by atoms with Crippen LogP contribution < -0.4 is 0 Å². The molecule has 0 amide bonds. The normalized spacial score (nSPS) is 12.2. The minimum absolute atomic E-state index is 0.394. The number of aromatic nitrogens is 4. The molecule has 10 heteroatoms. The highest BCUT2D eigenvalue weighted by Crippen LogP contribution is 2.44. The molecule has 0 aliphatic heterocycles. The maximum Gasteiger partial charge on any atom is 0.417 e. The van der Waals surface area contributed by atoms with Gasteiger partial charge in [0.15, 0.2) is 10.6 Å². The molecule has 25 heavy (non-hydrogen) atoms. The Bertz CT molecular complexity index is 1120. The minimum Gasteiger partial charge on any atom is -0.464 e. The second-order valence-corrected chi connectivity index (χ2v) is 6.70. The molecule has 0 radical (unpaired) electrons. The maximum absolute atomic E-state index is 13.0. The van der Waals surface area contributed by atoms with Gasteiger partial charge in [-0.15, -0.1) is 11.3 Å². The van der Waals surface area contributed by atoms with Gasteiger partial charge in [-0.3, -0.25) is 10.1 Å². The molecule has 0 spiro atoms. The van der Waals surface area contributed by atoms with Gasteiger partial charge in [0, 0.05) is 13.2 Å². The van der Waals surface area contributed by atoms with Gasteiger partial charge in [-0.1, -0.05) is 0 Å². The van der Waals surface area contributed by atoms with Gasteiger partial charge < -0.3 is 8.98 Å². The topological polar surface area (TPSA) is 59.6 Å². The smallest absolute Gasteiger partial charge is 0.417 e. The summed E-state index contributed by atoms with van der Waals surface area (Å²) < 4.78 is 46.9. The van der Waals surface area contributed by atoms with Crippen molar-refractivity contribution in [3.63, 3.8) is 0 Å². The first-order valence-corrected chi connectivity index (χ1v) is 8.24. The molecule has 5 nitrogen and oxygen atoms in total. The van der Waals surface area contributed by atoms with Crippen LogP contribution in [-0.2, 0) is 13.2 Å². The number of nitrogens with one attached hydrogen (secondary N) is 1. The largest absolute Gasteiger partial charge is 0.464 e. The summed E-state index contributed by atoms with van der Waals surface area (Å²) in [5.74, 6) is 1.01. The Balaban J connectivity index is 2.06. The molecule has 128 valence electrons. The van der Waals surface area contributed by atoms with Gasteiger partial charge in [-0.05, 0) is 30.4 Å².